The van der Waals surface area contributed by atoms with Crippen LogP contribution < -0.4 is 9.64 Å². The average molecular weight is 410 g/mol. The quantitative estimate of drug-likeness (QED) is 0.658. The number of para-hydroxylation sites is 2. The first-order valence-electron chi connectivity index (χ1n) is 10.4. The van der Waals surface area contributed by atoms with Gasteiger partial charge in [0.15, 0.2) is 0 Å². The summed E-state index contributed by atoms with van der Waals surface area (Å²) in [5, 5.41) is 9.04. The van der Waals surface area contributed by atoms with Crippen molar-refractivity contribution in [3.8, 4) is 11.8 Å². The van der Waals surface area contributed by atoms with E-state index in [1.54, 1.807) is 11.1 Å². The second-order valence-electron chi connectivity index (χ2n) is 7.94. The molecule has 31 heavy (non-hydrogen) atoms. The molecule has 1 fully saturated rings. The van der Waals surface area contributed by atoms with Crippen molar-refractivity contribution in [2.75, 3.05) is 11.4 Å². The summed E-state index contributed by atoms with van der Waals surface area (Å²) in [5.74, 6) is 0.799. The number of hydrogen-bond donors (Lipinski definition) is 0. The number of likely N-dealkylation sites (tertiary alicyclic amines) is 1. The molecule has 2 aliphatic rings. The molecule has 0 saturated carbocycles. The van der Waals surface area contributed by atoms with Crippen LogP contribution in [0.1, 0.15) is 23.2 Å². The summed E-state index contributed by atoms with van der Waals surface area (Å²) < 4.78 is 6.35. The van der Waals surface area contributed by atoms with Crippen molar-refractivity contribution < 1.29 is 9.53 Å². The van der Waals surface area contributed by atoms with Gasteiger partial charge >= 0.3 is 0 Å². The number of carbonyl (C=O) groups is 1. The number of nitriles is 1. The van der Waals surface area contributed by atoms with Crippen LogP contribution in [0.4, 0.5) is 5.69 Å². The van der Waals surface area contributed by atoms with Gasteiger partial charge in [-0.3, -0.25) is 14.7 Å². The van der Waals surface area contributed by atoms with Gasteiger partial charge in [0, 0.05) is 25.7 Å². The van der Waals surface area contributed by atoms with E-state index in [0.29, 0.717) is 31.6 Å². The largest absolute Gasteiger partial charge is 0.487 e. The molecule has 0 radical (unpaired) electrons. The third-order valence-corrected chi connectivity index (χ3v) is 5.88. The number of hydrogen-bond acceptors (Lipinski definition) is 5. The summed E-state index contributed by atoms with van der Waals surface area (Å²) >= 11 is 0. The van der Waals surface area contributed by atoms with Crippen LogP contribution in [0.3, 0.4) is 0 Å². The molecule has 3 aromatic rings. The van der Waals surface area contributed by atoms with Gasteiger partial charge in [-0.15, -0.1) is 0 Å². The van der Waals surface area contributed by atoms with Gasteiger partial charge in [-0.25, -0.2) is 0 Å². The van der Waals surface area contributed by atoms with E-state index < -0.39 is 0 Å². The molecule has 6 nitrogen and oxygen atoms in total. The monoisotopic (exact) mass is 410 g/mol. The molecule has 2 atom stereocenters. The van der Waals surface area contributed by atoms with Crippen LogP contribution in [0.15, 0.2) is 72.9 Å². The lowest BCUT2D eigenvalue weighted by Gasteiger charge is -2.31. The van der Waals surface area contributed by atoms with Crippen LogP contribution in [0.25, 0.3) is 0 Å². The van der Waals surface area contributed by atoms with Gasteiger partial charge in [-0.2, -0.15) is 5.26 Å². The molecule has 0 aliphatic carbocycles. The Morgan fingerprint density at radius 1 is 1.03 bits per heavy atom. The summed E-state index contributed by atoms with van der Waals surface area (Å²) in [6.07, 6.45) is 2.36. The Balaban J connectivity index is 1.46. The summed E-state index contributed by atoms with van der Waals surface area (Å²) in [7, 11) is 0. The molecule has 154 valence electrons. The van der Waals surface area contributed by atoms with E-state index in [4.69, 9.17) is 10.00 Å². The fraction of sp³-hybridized carbons (Fsp3) is 0.240. The molecule has 0 unspecified atom stereocenters. The van der Waals surface area contributed by atoms with E-state index in [2.05, 4.69) is 16.0 Å². The van der Waals surface area contributed by atoms with Gasteiger partial charge in [0.1, 0.15) is 11.9 Å². The van der Waals surface area contributed by atoms with Crippen LogP contribution in [0, 0.1) is 11.3 Å². The molecular formula is C25H22N4O2. The molecule has 2 aliphatic heterocycles. The SMILES string of the molecule is N#Cc1ccc(CN2C[C@@H]3C[C@H]2C(=O)N(Cc2ccccn2)c2ccccc2O3)cc1. The maximum absolute atomic E-state index is 13.8. The Bertz CT molecular complexity index is 1120. The zero-order valence-electron chi connectivity index (χ0n) is 17.0. The maximum Gasteiger partial charge on any atom is 0.244 e. The minimum atomic E-state index is -0.266. The van der Waals surface area contributed by atoms with Crippen LogP contribution in [-0.4, -0.2) is 34.5 Å². The van der Waals surface area contributed by atoms with Crippen molar-refractivity contribution in [3.05, 3.63) is 89.7 Å². The molecule has 6 heteroatoms. The smallest absolute Gasteiger partial charge is 0.244 e. The number of ether oxygens (including phenoxy) is 1. The van der Waals surface area contributed by atoms with Crippen LogP contribution in [0.2, 0.25) is 0 Å². The molecular weight excluding hydrogens is 388 g/mol. The lowest BCUT2D eigenvalue weighted by Crippen LogP contribution is -2.45. The Kier molecular flexibility index (Phi) is 5.11. The lowest BCUT2D eigenvalue weighted by atomic mass is 10.1. The number of benzene rings is 2. The molecule has 1 aromatic heterocycles. The molecule has 1 amide bonds. The molecule has 0 N–H and O–H groups in total. The summed E-state index contributed by atoms with van der Waals surface area (Å²) in [6, 6.07) is 22.9. The molecule has 5 rings (SSSR count). The summed E-state index contributed by atoms with van der Waals surface area (Å²) in [4.78, 5) is 22.2. The predicted molar refractivity (Wildman–Crippen MR) is 116 cm³/mol. The second kappa shape index (κ2) is 8.21. The summed E-state index contributed by atoms with van der Waals surface area (Å²) in [6.45, 7) is 1.71. The van der Waals surface area contributed by atoms with Crippen molar-refractivity contribution in [1.29, 1.82) is 5.26 Å². The van der Waals surface area contributed by atoms with Gasteiger partial charge in [0.2, 0.25) is 5.91 Å². The third-order valence-electron chi connectivity index (χ3n) is 5.88. The van der Waals surface area contributed by atoms with Crippen molar-refractivity contribution in [3.63, 3.8) is 0 Å². The van der Waals surface area contributed by atoms with Crippen molar-refractivity contribution in [2.45, 2.75) is 31.7 Å². The standard InChI is InChI=1S/C25H22N4O2/c26-14-18-8-10-19(11-9-18)15-28-17-21-13-23(28)25(30)29(16-20-5-3-4-12-27-20)22-6-1-2-7-24(22)31-21/h1-12,21,23H,13,15-17H2/t21-,23-/m0/s1. The van der Waals surface area contributed by atoms with E-state index in [1.807, 2.05) is 66.7 Å². The molecule has 0 spiro atoms. The molecule has 2 aromatic carbocycles. The second-order valence-corrected chi connectivity index (χ2v) is 7.94. The van der Waals surface area contributed by atoms with Crippen molar-refractivity contribution in [1.82, 2.24) is 9.88 Å². The van der Waals surface area contributed by atoms with E-state index in [9.17, 15) is 4.79 Å². The van der Waals surface area contributed by atoms with E-state index in [-0.39, 0.29) is 18.1 Å². The number of carbonyl (C=O) groups excluding carboxylic acids is 1. The number of fused-ring (bicyclic) bond motifs is 3. The Morgan fingerprint density at radius 3 is 2.61 bits per heavy atom. The van der Waals surface area contributed by atoms with Crippen LogP contribution in [0.5, 0.6) is 5.75 Å². The van der Waals surface area contributed by atoms with Gasteiger partial charge in [0.25, 0.3) is 0 Å². The Labute approximate surface area is 181 Å². The first-order valence-corrected chi connectivity index (χ1v) is 10.4. The first kappa shape index (κ1) is 19.3. The zero-order valence-corrected chi connectivity index (χ0v) is 17.0. The molecule has 2 bridgehead atoms. The number of pyridine rings is 1. The van der Waals surface area contributed by atoms with Crippen molar-refractivity contribution >= 4 is 11.6 Å². The fourth-order valence-corrected chi connectivity index (χ4v) is 4.37. The highest BCUT2D eigenvalue weighted by molar-refractivity contribution is 5.99. The number of nitrogens with zero attached hydrogens (tertiary/aromatic N) is 4. The Morgan fingerprint density at radius 2 is 1.84 bits per heavy atom. The van der Waals surface area contributed by atoms with Gasteiger partial charge < -0.3 is 9.64 Å². The Hall–Kier alpha value is -3.69. The number of aromatic nitrogens is 1. The minimum absolute atomic E-state index is 0.0366. The average Bonchev–Trinajstić information content (AvgIpc) is 3.21. The van der Waals surface area contributed by atoms with Gasteiger partial charge in [-0.1, -0.05) is 30.3 Å². The predicted octanol–water partition coefficient (Wildman–Crippen LogP) is 3.52. The highest BCUT2D eigenvalue weighted by Crippen LogP contribution is 2.37. The van der Waals surface area contributed by atoms with Gasteiger partial charge in [-0.05, 0) is 42.0 Å². The zero-order chi connectivity index (χ0) is 21.2. The molecule has 3 heterocycles. The maximum atomic E-state index is 13.8. The number of amides is 1. The van der Waals surface area contributed by atoms with E-state index in [0.717, 1.165) is 22.7 Å². The van der Waals surface area contributed by atoms with Gasteiger partial charge in [0.05, 0.1) is 35.6 Å². The fourth-order valence-electron chi connectivity index (χ4n) is 4.37. The van der Waals surface area contributed by atoms with E-state index in [1.165, 1.54) is 0 Å². The van der Waals surface area contributed by atoms with Crippen LogP contribution >= 0.6 is 0 Å². The van der Waals surface area contributed by atoms with Crippen molar-refractivity contribution in [2.24, 2.45) is 0 Å². The molecule has 1 saturated heterocycles. The number of rotatable bonds is 4. The van der Waals surface area contributed by atoms with E-state index >= 15 is 0 Å². The summed E-state index contributed by atoms with van der Waals surface area (Å²) in [5.41, 5.74) is 3.33. The first-order chi connectivity index (χ1) is 15.2. The minimum Gasteiger partial charge on any atom is -0.487 e. The highest BCUT2D eigenvalue weighted by atomic mass is 16.5. The highest BCUT2D eigenvalue weighted by Gasteiger charge is 2.42. The number of anilines is 1. The topological polar surface area (TPSA) is 69.5 Å². The van der Waals surface area contributed by atoms with Crippen LogP contribution in [-0.2, 0) is 17.9 Å². The third kappa shape index (κ3) is 3.88. The normalized spacial score (nSPS) is 20.4. The lowest BCUT2D eigenvalue weighted by molar-refractivity contribution is -0.123.